The molecule has 0 spiro atoms. The number of aryl methyl sites for hydroxylation is 1. The van der Waals surface area contributed by atoms with E-state index in [0.717, 1.165) is 24.9 Å². The van der Waals surface area contributed by atoms with Gasteiger partial charge in [-0.2, -0.15) is 0 Å². The molecular weight excluding hydrogens is 228 g/mol. The number of pyridine rings is 1. The minimum atomic E-state index is -0.374. The van der Waals surface area contributed by atoms with Crippen molar-refractivity contribution in [3.05, 3.63) is 30.1 Å². The third-order valence-corrected chi connectivity index (χ3v) is 3.62. The molecule has 2 atom stereocenters. The van der Waals surface area contributed by atoms with Crippen LogP contribution in [-0.4, -0.2) is 40.1 Å². The Kier molecular flexibility index (Phi) is 4.31. The summed E-state index contributed by atoms with van der Waals surface area (Å²) in [6.45, 7) is 3.28. The Morgan fingerprint density at radius 3 is 3.11 bits per heavy atom. The topological polar surface area (TPSA) is 53.4 Å². The fraction of sp³-hybridized carbons (Fsp3) is 0.571. The zero-order valence-electron chi connectivity index (χ0n) is 10.7. The van der Waals surface area contributed by atoms with E-state index in [4.69, 9.17) is 0 Å². The number of carbonyl (C=O) groups excluding carboxylic acids is 1. The van der Waals surface area contributed by atoms with E-state index in [-0.39, 0.29) is 12.0 Å². The van der Waals surface area contributed by atoms with Crippen LogP contribution >= 0.6 is 0 Å². The molecule has 1 saturated heterocycles. The van der Waals surface area contributed by atoms with E-state index in [9.17, 15) is 9.90 Å². The quantitative estimate of drug-likeness (QED) is 0.875. The lowest BCUT2D eigenvalue weighted by Gasteiger charge is -2.34. The Labute approximate surface area is 108 Å². The maximum absolute atomic E-state index is 12.0. The summed E-state index contributed by atoms with van der Waals surface area (Å²) in [4.78, 5) is 17.8. The Hall–Kier alpha value is -1.42. The van der Waals surface area contributed by atoms with Crippen LogP contribution in [-0.2, 0) is 11.2 Å². The van der Waals surface area contributed by atoms with Crippen molar-refractivity contribution in [2.75, 3.05) is 13.1 Å². The van der Waals surface area contributed by atoms with Crippen molar-refractivity contribution >= 4 is 5.91 Å². The first-order valence-electron chi connectivity index (χ1n) is 6.51. The third-order valence-electron chi connectivity index (χ3n) is 3.62. The number of carbonyl (C=O) groups is 1. The molecular formula is C14H20N2O2. The van der Waals surface area contributed by atoms with E-state index < -0.39 is 0 Å². The second-order valence-electron chi connectivity index (χ2n) is 5.03. The van der Waals surface area contributed by atoms with Gasteiger partial charge in [-0.3, -0.25) is 9.78 Å². The van der Waals surface area contributed by atoms with Crippen molar-refractivity contribution in [2.45, 2.75) is 32.3 Å². The maximum atomic E-state index is 12.0. The van der Waals surface area contributed by atoms with Crippen LogP contribution in [0, 0.1) is 5.92 Å². The molecule has 1 amide bonds. The van der Waals surface area contributed by atoms with Crippen molar-refractivity contribution in [3.63, 3.8) is 0 Å². The van der Waals surface area contributed by atoms with Gasteiger partial charge < -0.3 is 10.0 Å². The van der Waals surface area contributed by atoms with Crippen LogP contribution in [0.25, 0.3) is 0 Å². The number of aromatic nitrogens is 1. The van der Waals surface area contributed by atoms with E-state index in [2.05, 4.69) is 4.98 Å². The molecule has 98 valence electrons. The lowest BCUT2D eigenvalue weighted by molar-refractivity contribution is -0.135. The average molecular weight is 248 g/mol. The van der Waals surface area contributed by atoms with Gasteiger partial charge in [0.1, 0.15) is 0 Å². The molecule has 2 rings (SSSR count). The molecule has 1 aliphatic heterocycles. The van der Waals surface area contributed by atoms with Crippen molar-refractivity contribution < 1.29 is 9.90 Å². The highest BCUT2D eigenvalue weighted by molar-refractivity contribution is 5.76. The number of hydrogen-bond donors (Lipinski definition) is 1. The predicted molar refractivity (Wildman–Crippen MR) is 68.9 cm³/mol. The van der Waals surface area contributed by atoms with Gasteiger partial charge in [-0.05, 0) is 30.4 Å². The van der Waals surface area contributed by atoms with E-state index in [1.807, 2.05) is 19.1 Å². The SMILES string of the molecule is CC1CCN(C(=O)CCc2cccnc2)CC1O. The Morgan fingerprint density at radius 2 is 2.44 bits per heavy atom. The van der Waals surface area contributed by atoms with E-state index in [0.29, 0.717) is 18.9 Å². The lowest BCUT2D eigenvalue weighted by Crippen LogP contribution is -2.45. The number of hydrogen-bond acceptors (Lipinski definition) is 3. The highest BCUT2D eigenvalue weighted by Gasteiger charge is 2.26. The van der Waals surface area contributed by atoms with Crippen molar-refractivity contribution in [1.82, 2.24) is 9.88 Å². The van der Waals surface area contributed by atoms with Crippen LogP contribution in [0.4, 0.5) is 0 Å². The second kappa shape index (κ2) is 5.96. The summed E-state index contributed by atoms with van der Waals surface area (Å²) in [5.74, 6) is 0.428. The van der Waals surface area contributed by atoms with Crippen LogP contribution < -0.4 is 0 Å². The van der Waals surface area contributed by atoms with Crippen LogP contribution in [0.2, 0.25) is 0 Å². The predicted octanol–water partition coefficient (Wildman–Crippen LogP) is 1.24. The number of likely N-dealkylation sites (tertiary alicyclic amines) is 1. The molecule has 1 aromatic heterocycles. The first-order valence-corrected chi connectivity index (χ1v) is 6.51. The number of rotatable bonds is 3. The molecule has 1 N–H and O–H groups in total. The molecule has 0 aromatic carbocycles. The highest BCUT2D eigenvalue weighted by Crippen LogP contribution is 2.17. The molecule has 1 aromatic rings. The molecule has 0 saturated carbocycles. The summed E-state index contributed by atoms with van der Waals surface area (Å²) in [7, 11) is 0. The first-order chi connectivity index (χ1) is 8.66. The molecule has 4 heteroatoms. The summed E-state index contributed by atoms with van der Waals surface area (Å²) in [6.07, 6.45) is 5.25. The third kappa shape index (κ3) is 3.29. The summed E-state index contributed by atoms with van der Waals surface area (Å²) >= 11 is 0. The van der Waals surface area contributed by atoms with Gasteiger partial charge in [-0.1, -0.05) is 13.0 Å². The molecule has 1 aliphatic rings. The van der Waals surface area contributed by atoms with Crippen LogP contribution in [0.5, 0.6) is 0 Å². The number of β-amino-alcohol motifs (C(OH)–C–C–N with tert-alkyl or cyclic N) is 1. The number of aliphatic hydroxyl groups is 1. The van der Waals surface area contributed by atoms with Gasteiger partial charge in [0.25, 0.3) is 0 Å². The van der Waals surface area contributed by atoms with E-state index in [1.165, 1.54) is 0 Å². The summed E-state index contributed by atoms with van der Waals surface area (Å²) in [5.41, 5.74) is 1.08. The Balaban J connectivity index is 1.82. The van der Waals surface area contributed by atoms with Gasteiger partial charge in [-0.25, -0.2) is 0 Å². The fourth-order valence-corrected chi connectivity index (χ4v) is 2.23. The molecule has 18 heavy (non-hydrogen) atoms. The van der Waals surface area contributed by atoms with Crippen molar-refractivity contribution in [3.8, 4) is 0 Å². The van der Waals surface area contributed by atoms with Crippen molar-refractivity contribution in [1.29, 1.82) is 0 Å². The normalized spacial score (nSPS) is 24.0. The Morgan fingerprint density at radius 1 is 1.61 bits per heavy atom. The smallest absolute Gasteiger partial charge is 0.222 e. The average Bonchev–Trinajstić information content (AvgIpc) is 2.40. The van der Waals surface area contributed by atoms with Gasteiger partial charge in [0.2, 0.25) is 5.91 Å². The molecule has 2 heterocycles. The van der Waals surface area contributed by atoms with E-state index in [1.54, 1.807) is 17.3 Å². The van der Waals surface area contributed by atoms with E-state index >= 15 is 0 Å². The molecule has 0 radical (unpaired) electrons. The van der Waals surface area contributed by atoms with Crippen LogP contribution in [0.1, 0.15) is 25.3 Å². The minimum absolute atomic E-state index is 0.129. The molecule has 0 bridgehead atoms. The van der Waals surface area contributed by atoms with Gasteiger partial charge in [-0.15, -0.1) is 0 Å². The molecule has 1 fully saturated rings. The van der Waals surface area contributed by atoms with Gasteiger partial charge >= 0.3 is 0 Å². The van der Waals surface area contributed by atoms with Crippen molar-refractivity contribution in [2.24, 2.45) is 5.92 Å². The Bertz CT molecular complexity index is 394. The number of nitrogens with zero attached hydrogens (tertiary/aromatic N) is 2. The lowest BCUT2D eigenvalue weighted by atomic mass is 9.95. The fourth-order valence-electron chi connectivity index (χ4n) is 2.23. The van der Waals surface area contributed by atoms with Gasteiger partial charge in [0.15, 0.2) is 0 Å². The van der Waals surface area contributed by atoms with Gasteiger partial charge in [0.05, 0.1) is 6.10 Å². The summed E-state index contributed by atoms with van der Waals surface area (Å²) < 4.78 is 0. The number of aliphatic hydroxyl groups excluding tert-OH is 1. The summed E-state index contributed by atoms with van der Waals surface area (Å²) in [6, 6.07) is 3.86. The highest BCUT2D eigenvalue weighted by atomic mass is 16.3. The van der Waals surface area contributed by atoms with Crippen LogP contribution in [0.3, 0.4) is 0 Å². The van der Waals surface area contributed by atoms with Crippen LogP contribution in [0.15, 0.2) is 24.5 Å². The zero-order valence-corrected chi connectivity index (χ0v) is 10.7. The largest absolute Gasteiger partial charge is 0.391 e. The first kappa shape index (κ1) is 13.0. The molecule has 2 unspecified atom stereocenters. The maximum Gasteiger partial charge on any atom is 0.222 e. The zero-order chi connectivity index (χ0) is 13.0. The monoisotopic (exact) mass is 248 g/mol. The minimum Gasteiger partial charge on any atom is -0.391 e. The number of amides is 1. The molecule has 4 nitrogen and oxygen atoms in total. The summed E-state index contributed by atoms with van der Waals surface area (Å²) in [5, 5.41) is 9.78. The molecule has 0 aliphatic carbocycles. The number of piperidine rings is 1. The second-order valence-corrected chi connectivity index (χ2v) is 5.03. The standard InChI is InChI=1S/C14H20N2O2/c1-11-6-8-16(10-13(11)17)14(18)5-4-12-3-2-7-15-9-12/h2-3,7,9,11,13,17H,4-6,8,10H2,1H3. The van der Waals surface area contributed by atoms with Gasteiger partial charge in [0, 0.05) is 31.9 Å².